The normalized spacial score (nSPS) is 11.8. The molecule has 0 aliphatic rings. The van der Waals surface area contributed by atoms with Crippen LogP contribution in [0.25, 0.3) is 11.3 Å². The van der Waals surface area contributed by atoms with E-state index in [1.165, 1.54) is 9.13 Å². The molecule has 94 valence electrons. The van der Waals surface area contributed by atoms with Crippen molar-refractivity contribution in [2.75, 3.05) is 0 Å². The van der Waals surface area contributed by atoms with E-state index in [4.69, 9.17) is 10.2 Å². The predicted octanol–water partition coefficient (Wildman–Crippen LogP) is -1.28. The molecule has 2 N–H and O–H groups in total. The number of hydrogen-bond acceptors (Lipinski definition) is 4. The summed E-state index contributed by atoms with van der Waals surface area (Å²) in [6.07, 6.45) is -0.842. The summed E-state index contributed by atoms with van der Waals surface area (Å²) >= 11 is 0. The third kappa shape index (κ3) is 1.45. The Balaban J connectivity index is 2.96. The van der Waals surface area contributed by atoms with Crippen LogP contribution in [-0.4, -0.2) is 23.9 Å². The number of nitrogens with zero attached hydrogens (tertiary/aromatic N) is 4. The van der Waals surface area contributed by atoms with Crippen LogP contribution < -0.4 is 10.4 Å². The Labute approximate surface area is 96.1 Å². The predicted molar refractivity (Wildman–Crippen MR) is 58.0 cm³/mol. The largest absolute Gasteiger partial charge is 0.740 e. The molecule has 0 atom stereocenters. The molecule has 0 fully saturated rings. The van der Waals surface area contributed by atoms with Crippen molar-refractivity contribution in [2.24, 2.45) is 0 Å². The second-order valence-electron chi connectivity index (χ2n) is 3.61. The van der Waals surface area contributed by atoms with Gasteiger partial charge in [-0.25, -0.2) is 18.7 Å². The summed E-state index contributed by atoms with van der Waals surface area (Å²) in [6, 6.07) is 0. The highest BCUT2D eigenvalue weighted by Crippen LogP contribution is 2.13. The minimum absolute atomic E-state index is 0.132. The number of aromatic nitrogens is 4. The van der Waals surface area contributed by atoms with E-state index < -0.39 is 6.41 Å². The minimum atomic E-state index is -1.85. The smallest absolute Gasteiger partial charge is 0.389 e. The zero-order chi connectivity index (χ0) is 12.7. The van der Waals surface area contributed by atoms with Crippen LogP contribution in [-0.2, 0) is 13.1 Å². The van der Waals surface area contributed by atoms with Gasteiger partial charge in [0.05, 0.1) is 6.54 Å². The van der Waals surface area contributed by atoms with Gasteiger partial charge in [-0.05, 0) is 13.8 Å². The third-order valence-electron chi connectivity index (χ3n) is 2.74. The molecule has 2 heterocycles. The summed E-state index contributed by atoms with van der Waals surface area (Å²) in [7, 11) is 0. The Morgan fingerprint density at radius 2 is 1.94 bits per heavy atom. The summed E-state index contributed by atoms with van der Waals surface area (Å²) in [5, 5.41) is 30.0. The lowest BCUT2D eigenvalue weighted by Gasteiger charge is -2.02. The molecular weight excluding hydrogens is 228 g/mol. The van der Waals surface area contributed by atoms with Crippen molar-refractivity contribution in [1.82, 2.24) is 13.7 Å². The maximum atomic E-state index is 11.9. The van der Waals surface area contributed by atoms with Crippen molar-refractivity contribution in [1.29, 1.82) is 0 Å². The van der Waals surface area contributed by atoms with Crippen molar-refractivity contribution >= 4 is 11.3 Å². The Hall–Kier alpha value is -1.80. The summed E-state index contributed by atoms with van der Waals surface area (Å²) in [4.78, 5) is 11.9. The fraction of sp³-hybridized carbons (Fsp3) is 0.556. The second-order valence-corrected chi connectivity index (χ2v) is 3.61. The van der Waals surface area contributed by atoms with E-state index in [0.717, 1.165) is 10.9 Å². The van der Waals surface area contributed by atoms with Crippen molar-refractivity contribution in [3.63, 3.8) is 0 Å². The standard InChI is InChI=1S/C9H14N4O4/c1-3-10-6-7(11(4-2)8(10)14)13(17)5-12(6)9(15)16/h5,9,15-16H,3-4H2,1-2H3. The fourth-order valence-corrected chi connectivity index (χ4v) is 2.00. The summed E-state index contributed by atoms with van der Waals surface area (Å²) < 4.78 is 4.04. The maximum absolute atomic E-state index is 11.9. The number of aliphatic hydroxyl groups is 2. The van der Waals surface area contributed by atoms with Gasteiger partial charge in [-0.2, -0.15) is 4.57 Å². The van der Waals surface area contributed by atoms with Gasteiger partial charge in [-0.15, -0.1) is 0 Å². The molecule has 0 saturated heterocycles. The molecule has 2 aromatic heterocycles. The molecular formula is C9H14N4O4. The lowest BCUT2D eigenvalue weighted by molar-refractivity contribution is -0.582. The van der Waals surface area contributed by atoms with Gasteiger partial charge >= 0.3 is 5.69 Å². The van der Waals surface area contributed by atoms with Crippen molar-refractivity contribution in [3.05, 3.63) is 22.0 Å². The number of fused-ring (bicyclic) bond motifs is 1. The molecule has 0 unspecified atom stereocenters. The van der Waals surface area contributed by atoms with E-state index >= 15 is 0 Å². The van der Waals surface area contributed by atoms with E-state index in [1.54, 1.807) is 13.8 Å². The molecule has 2 rings (SSSR count). The number of imidazole rings is 2. The summed E-state index contributed by atoms with van der Waals surface area (Å²) in [6.45, 7) is 4.18. The van der Waals surface area contributed by atoms with Crippen molar-refractivity contribution in [2.45, 2.75) is 33.4 Å². The Kier molecular flexibility index (Phi) is 2.68. The van der Waals surface area contributed by atoms with E-state index in [-0.39, 0.29) is 17.0 Å². The third-order valence-corrected chi connectivity index (χ3v) is 2.74. The van der Waals surface area contributed by atoms with Gasteiger partial charge in [0.1, 0.15) is 0 Å². The second kappa shape index (κ2) is 3.90. The van der Waals surface area contributed by atoms with E-state index in [9.17, 15) is 10.0 Å². The van der Waals surface area contributed by atoms with Gasteiger partial charge in [0.2, 0.25) is 0 Å². The zero-order valence-electron chi connectivity index (χ0n) is 9.57. The van der Waals surface area contributed by atoms with Crippen LogP contribution in [0.2, 0.25) is 0 Å². The molecule has 0 saturated carbocycles. The number of aryl methyl sites for hydroxylation is 2. The average molecular weight is 242 g/mol. The van der Waals surface area contributed by atoms with Crippen LogP contribution in [0, 0.1) is 5.21 Å². The quantitative estimate of drug-likeness (QED) is 0.398. The number of rotatable bonds is 3. The average Bonchev–Trinajstić information content (AvgIpc) is 2.74. The van der Waals surface area contributed by atoms with Crippen LogP contribution in [0.5, 0.6) is 0 Å². The lowest BCUT2D eigenvalue weighted by Crippen LogP contribution is -2.31. The molecule has 0 bridgehead atoms. The van der Waals surface area contributed by atoms with Gasteiger partial charge < -0.3 is 15.4 Å². The highest BCUT2D eigenvalue weighted by molar-refractivity contribution is 5.64. The van der Waals surface area contributed by atoms with Gasteiger partial charge in [0, 0.05) is 6.54 Å². The van der Waals surface area contributed by atoms with Crippen LogP contribution in [0.4, 0.5) is 0 Å². The first-order valence-corrected chi connectivity index (χ1v) is 5.32. The first-order valence-electron chi connectivity index (χ1n) is 5.32. The zero-order valence-corrected chi connectivity index (χ0v) is 9.57. The Bertz CT molecular complexity index is 607. The molecule has 0 aliphatic carbocycles. The Morgan fingerprint density at radius 3 is 2.41 bits per heavy atom. The highest BCUT2D eigenvalue weighted by atomic mass is 16.5. The van der Waals surface area contributed by atoms with Crippen LogP contribution in [0.15, 0.2) is 11.1 Å². The monoisotopic (exact) mass is 242 g/mol. The molecule has 2 aromatic rings. The van der Waals surface area contributed by atoms with E-state index in [1.807, 2.05) is 0 Å². The first kappa shape index (κ1) is 11.7. The molecule has 17 heavy (non-hydrogen) atoms. The molecule has 0 radical (unpaired) electrons. The van der Waals surface area contributed by atoms with Gasteiger partial charge in [-0.3, -0.25) is 0 Å². The molecule has 0 amide bonds. The van der Waals surface area contributed by atoms with Crippen LogP contribution >= 0.6 is 0 Å². The molecule has 8 heteroatoms. The summed E-state index contributed by atoms with van der Waals surface area (Å²) in [5.41, 5.74) is 0.0106. The highest BCUT2D eigenvalue weighted by Gasteiger charge is 2.26. The number of aliphatic hydroxyl groups excluding tert-OH is 1. The maximum Gasteiger partial charge on any atom is 0.389 e. The van der Waals surface area contributed by atoms with Gasteiger partial charge in [0.15, 0.2) is 6.33 Å². The molecule has 0 spiro atoms. The van der Waals surface area contributed by atoms with E-state index in [0.29, 0.717) is 17.8 Å². The van der Waals surface area contributed by atoms with Crippen LogP contribution in [0.1, 0.15) is 20.3 Å². The topological polar surface area (TPSA) is 99.3 Å². The fourth-order valence-electron chi connectivity index (χ4n) is 2.00. The van der Waals surface area contributed by atoms with Crippen molar-refractivity contribution < 1.29 is 14.9 Å². The SMILES string of the molecule is CCn1c(=O)n(CC)c2c1n(C(O)O)c[n+]2[O-]. The molecule has 0 aliphatic heterocycles. The summed E-state index contributed by atoms with van der Waals surface area (Å²) in [5.74, 6) is 0. The van der Waals surface area contributed by atoms with Crippen molar-refractivity contribution in [3.8, 4) is 0 Å². The molecule has 0 aromatic carbocycles. The Morgan fingerprint density at radius 1 is 1.35 bits per heavy atom. The molecule has 8 nitrogen and oxygen atoms in total. The minimum Gasteiger partial charge on any atom is -0.740 e. The van der Waals surface area contributed by atoms with Gasteiger partial charge in [-0.1, -0.05) is 0 Å². The number of hydrogen-bond donors (Lipinski definition) is 2. The van der Waals surface area contributed by atoms with Gasteiger partial charge in [0.25, 0.3) is 17.7 Å². The van der Waals surface area contributed by atoms with E-state index in [2.05, 4.69) is 0 Å². The first-order chi connectivity index (χ1) is 8.02. The van der Waals surface area contributed by atoms with Crippen LogP contribution in [0.3, 0.4) is 0 Å². The lowest BCUT2D eigenvalue weighted by atomic mass is 10.6.